The molecule has 23 heavy (non-hydrogen) atoms. The average molecular weight is 337 g/mol. The number of hydrogen-bond acceptors (Lipinski definition) is 7. The molecule has 0 atom stereocenters. The molecule has 0 aliphatic heterocycles. The maximum absolute atomic E-state index is 12.0. The molecular formula is C13H19N7O2S. The molecule has 2 rings (SSSR count). The maximum Gasteiger partial charge on any atom is 0.269 e. The van der Waals surface area contributed by atoms with Gasteiger partial charge in [-0.15, -0.1) is 5.10 Å². The van der Waals surface area contributed by atoms with Crippen molar-refractivity contribution in [1.82, 2.24) is 25.0 Å². The smallest absolute Gasteiger partial charge is 0.269 e. The Bertz CT molecular complexity index is 725. The van der Waals surface area contributed by atoms with Crippen LogP contribution in [0.25, 0.3) is 0 Å². The molecule has 0 radical (unpaired) electrons. The van der Waals surface area contributed by atoms with E-state index in [0.29, 0.717) is 10.8 Å². The molecule has 2 N–H and O–H groups in total. The highest BCUT2D eigenvalue weighted by atomic mass is 32.2. The lowest BCUT2D eigenvalue weighted by atomic mass is 10.4. The highest BCUT2D eigenvalue weighted by Gasteiger charge is 2.10. The third-order valence-electron chi connectivity index (χ3n) is 2.82. The molecule has 0 bridgehead atoms. The van der Waals surface area contributed by atoms with Gasteiger partial charge in [0.2, 0.25) is 17.0 Å². The number of nitrogens with one attached hydrogen (secondary N) is 2. The second-order valence-electron chi connectivity index (χ2n) is 4.97. The number of aromatic amines is 1. The Labute approximate surface area is 137 Å². The van der Waals surface area contributed by atoms with Crippen LogP contribution < -0.4 is 15.8 Å². The molecular weight excluding hydrogens is 318 g/mol. The first-order valence-corrected chi connectivity index (χ1v) is 8.07. The minimum absolute atomic E-state index is 0.190. The first-order chi connectivity index (χ1) is 11.0. The van der Waals surface area contributed by atoms with Gasteiger partial charge in [0.15, 0.2) is 0 Å². The summed E-state index contributed by atoms with van der Waals surface area (Å²) in [4.78, 5) is 29.8. The number of H-pyrrole nitrogens is 1. The van der Waals surface area contributed by atoms with Gasteiger partial charge in [-0.25, -0.2) is 9.78 Å². The molecule has 10 heteroatoms. The van der Waals surface area contributed by atoms with Crippen molar-refractivity contribution in [2.75, 3.05) is 30.1 Å². The molecule has 2 aromatic rings. The second kappa shape index (κ2) is 7.77. The first-order valence-electron chi connectivity index (χ1n) is 7.09. The van der Waals surface area contributed by atoms with Gasteiger partial charge in [0.1, 0.15) is 6.54 Å². The summed E-state index contributed by atoms with van der Waals surface area (Å²) in [5.74, 6) is 0.759. The van der Waals surface area contributed by atoms with E-state index in [9.17, 15) is 9.59 Å². The van der Waals surface area contributed by atoms with Crippen LogP contribution in [0.1, 0.15) is 13.3 Å². The summed E-state index contributed by atoms with van der Waals surface area (Å²) >= 11 is 1.50. The van der Waals surface area contributed by atoms with Crippen molar-refractivity contribution in [2.45, 2.75) is 25.0 Å². The van der Waals surface area contributed by atoms with Gasteiger partial charge in [-0.2, -0.15) is 10.1 Å². The lowest BCUT2D eigenvalue weighted by molar-refractivity contribution is -0.117. The van der Waals surface area contributed by atoms with E-state index >= 15 is 0 Å². The van der Waals surface area contributed by atoms with Crippen LogP contribution in [-0.2, 0) is 11.3 Å². The number of carbonyl (C=O) groups excluding carboxylic acids is 1. The molecule has 1 amide bonds. The SMILES string of the molecule is CCCSc1n[nH]c(NC(=O)Cn2ncc(N(C)C)cc2=O)n1. The summed E-state index contributed by atoms with van der Waals surface area (Å²) < 4.78 is 1.09. The maximum atomic E-state index is 12.0. The molecule has 9 nitrogen and oxygen atoms in total. The molecule has 0 saturated carbocycles. The van der Waals surface area contributed by atoms with Crippen LogP contribution in [0.5, 0.6) is 0 Å². The number of thioether (sulfide) groups is 1. The standard InChI is InChI=1S/C13H19N7O2S/c1-4-5-23-13-16-12(17-18-13)15-10(21)8-20-11(22)6-9(7-14-20)19(2)3/h6-7H,4-5,8H2,1-3H3,(H2,15,16,17,18,21). The van der Waals surface area contributed by atoms with E-state index in [1.54, 1.807) is 4.90 Å². The zero-order chi connectivity index (χ0) is 16.8. The summed E-state index contributed by atoms with van der Waals surface area (Å²) in [6.45, 7) is 1.87. The van der Waals surface area contributed by atoms with E-state index in [4.69, 9.17) is 0 Å². The minimum Gasteiger partial charge on any atom is -0.376 e. The van der Waals surface area contributed by atoms with Gasteiger partial charge in [-0.3, -0.25) is 14.9 Å². The lowest BCUT2D eigenvalue weighted by Crippen LogP contribution is -2.30. The minimum atomic E-state index is -0.402. The Kier molecular flexibility index (Phi) is 5.74. The molecule has 0 aliphatic carbocycles. The Hall–Kier alpha value is -2.36. The zero-order valence-electron chi connectivity index (χ0n) is 13.2. The lowest BCUT2D eigenvalue weighted by Gasteiger charge is -2.12. The molecule has 2 aromatic heterocycles. The highest BCUT2D eigenvalue weighted by Crippen LogP contribution is 2.14. The van der Waals surface area contributed by atoms with Gasteiger partial charge >= 0.3 is 0 Å². The number of amides is 1. The van der Waals surface area contributed by atoms with Gasteiger partial charge in [0, 0.05) is 25.9 Å². The van der Waals surface area contributed by atoms with E-state index < -0.39 is 5.91 Å². The molecule has 0 spiro atoms. The average Bonchev–Trinajstić information content (AvgIpc) is 2.94. The van der Waals surface area contributed by atoms with Crippen molar-refractivity contribution in [3.8, 4) is 0 Å². The summed E-state index contributed by atoms with van der Waals surface area (Å²) in [5.41, 5.74) is 0.336. The second-order valence-corrected chi connectivity index (χ2v) is 6.03. The Balaban J connectivity index is 1.97. The van der Waals surface area contributed by atoms with Crippen molar-refractivity contribution in [2.24, 2.45) is 0 Å². The fourth-order valence-corrected chi connectivity index (χ4v) is 2.31. The van der Waals surface area contributed by atoms with E-state index in [1.807, 2.05) is 14.1 Å². The van der Waals surface area contributed by atoms with Crippen LogP contribution in [0.15, 0.2) is 22.2 Å². The van der Waals surface area contributed by atoms with Crippen molar-refractivity contribution in [1.29, 1.82) is 0 Å². The van der Waals surface area contributed by atoms with Gasteiger partial charge in [-0.1, -0.05) is 18.7 Å². The van der Waals surface area contributed by atoms with Crippen molar-refractivity contribution in [3.05, 3.63) is 22.6 Å². The van der Waals surface area contributed by atoms with Crippen molar-refractivity contribution < 1.29 is 4.79 Å². The molecule has 0 saturated heterocycles. The number of aromatic nitrogens is 5. The number of hydrogen-bond donors (Lipinski definition) is 2. The van der Waals surface area contributed by atoms with Crippen LogP contribution in [0.2, 0.25) is 0 Å². The van der Waals surface area contributed by atoms with Crippen molar-refractivity contribution in [3.63, 3.8) is 0 Å². The monoisotopic (exact) mass is 337 g/mol. The van der Waals surface area contributed by atoms with E-state index in [-0.39, 0.29) is 18.1 Å². The molecule has 2 heterocycles. The van der Waals surface area contributed by atoms with Gasteiger partial charge in [0.25, 0.3) is 5.56 Å². The zero-order valence-corrected chi connectivity index (χ0v) is 14.1. The van der Waals surface area contributed by atoms with Gasteiger partial charge in [0.05, 0.1) is 11.9 Å². The van der Waals surface area contributed by atoms with Crippen LogP contribution in [-0.4, -0.2) is 50.7 Å². The van der Waals surface area contributed by atoms with Gasteiger partial charge < -0.3 is 4.90 Å². The van der Waals surface area contributed by atoms with Crippen molar-refractivity contribution >= 4 is 29.3 Å². The van der Waals surface area contributed by atoms with Gasteiger partial charge in [-0.05, 0) is 6.42 Å². The number of nitrogens with zero attached hydrogens (tertiary/aromatic N) is 5. The van der Waals surface area contributed by atoms with E-state index in [2.05, 4.69) is 32.5 Å². The Morgan fingerprint density at radius 1 is 1.48 bits per heavy atom. The normalized spacial score (nSPS) is 10.6. The largest absolute Gasteiger partial charge is 0.376 e. The molecule has 0 aliphatic rings. The van der Waals surface area contributed by atoms with Crippen LogP contribution in [0.3, 0.4) is 0 Å². The van der Waals surface area contributed by atoms with Crippen LogP contribution in [0, 0.1) is 0 Å². The predicted octanol–water partition coefficient (Wildman–Crippen LogP) is 0.568. The fourth-order valence-electron chi connectivity index (χ4n) is 1.66. The molecule has 0 aromatic carbocycles. The van der Waals surface area contributed by atoms with Crippen LogP contribution >= 0.6 is 11.8 Å². The molecule has 0 unspecified atom stereocenters. The number of carbonyl (C=O) groups is 1. The predicted molar refractivity (Wildman–Crippen MR) is 88.9 cm³/mol. The Morgan fingerprint density at radius 3 is 2.91 bits per heavy atom. The quantitative estimate of drug-likeness (QED) is 0.711. The summed E-state index contributed by atoms with van der Waals surface area (Å²) in [7, 11) is 3.62. The summed E-state index contributed by atoms with van der Waals surface area (Å²) in [6.07, 6.45) is 2.54. The molecule has 0 fully saturated rings. The fraction of sp³-hybridized carbons (Fsp3) is 0.462. The first kappa shape index (κ1) is 17.0. The highest BCUT2D eigenvalue weighted by molar-refractivity contribution is 7.99. The number of rotatable bonds is 7. The van der Waals surface area contributed by atoms with Crippen LogP contribution in [0.4, 0.5) is 11.6 Å². The van der Waals surface area contributed by atoms with E-state index in [1.165, 1.54) is 24.0 Å². The Morgan fingerprint density at radius 2 is 2.26 bits per heavy atom. The topological polar surface area (TPSA) is 109 Å². The summed E-state index contributed by atoms with van der Waals surface area (Å²) in [5, 5.41) is 13.7. The third kappa shape index (κ3) is 4.81. The molecule has 124 valence electrons. The third-order valence-corrected chi connectivity index (χ3v) is 3.88. The van der Waals surface area contributed by atoms with E-state index in [0.717, 1.165) is 16.9 Å². The number of anilines is 2. The summed E-state index contributed by atoms with van der Waals surface area (Å²) in [6, 6.07) is 1.42.